The van der Waals surface area contributed by atoms with E-state index in [1.807, 2.05) is 12.1 Å². The average Bonchev–Trinajstić information content (AvgIpc) is 3.24. The Labute approximate surface area is 380 Å². The topological polar surface area (TPSA) is 274 Å². The van der Waals surface area contributed by atoms with Crippen LogP contribution in [0.4, 0.5) is 0 Å². The number of aromatic nitrogens is 1. The minimum atomic E-state index is -0.561. The molecular formula is C39H66ClFeN8O10Pt-2. The molecule has 0 atom stereocenters. The number of ketones is 2. The summed E-state index contributed by atoms with van der Waals surface area (Å²) in [6, 6.07) is 3.72. The van der Waals surface area contributed by atoms with Gasteiger partial charge in [0, 0.05) is 120 Å². The quantitative estimate of drug-likeness (QED) is 0.0261. The van der Waals surface area contributed by atoms with Gasteiger partial charge in [-0.05, 0) is 75.5 Å². The van der Waals surface area contributed by atoms with Gasteiger partial charge >= 0.3 is 28.2 Å². The van der Waals surface area contributed by atoms with E-state index in [4.69, 9.17) is 11.5 Å². The molecule has 1 aromatic heterocycles. The molecule has 0 unspecified atom stereocenters. The van der Waals surface area contributed by atoms with Crippen molar-refractivity contribution in [3.8, 4) is 0 Å². The van der Waals surface area contributed by atoms with Gasteiger partial charge in [0.2, 0.25) is 29.5 Å². The number of hydrogen-bond acceptors (Lipinski definition) is 11. The summed E-state index contributed by atoms with van der Waals surface area (Å²) in [5.74, 6) is -2.05. The van der Waals surface area contributed by atoms with Crippen LogP contribution in [0.1, 0.15) is 128 Å². The van der Waals surface area contributed by atoms with Crippen LogP contribution >= 0.6 is 9.42 Å². The van der Waals surface area contributed by atoms with Crippen molar-refractivity contribution in [2.24, 2.45) is 0 Å². The number of nitrogens with one attached hydrogen (secondary N) is 4. The van der Waals surface area contributed by atoms with E-state index in [2.05, 4.69) is 25.0 Å². The number of hydrogen-bond donors (Lipinski definition) is 5. The van der Waals surface area contributed by atoms with Gasteiger partial charge in [-0.1, -0.05) is 12.8 Å². The van der Waals surface area contributed by atoms with Gasteiger partial charge < -0.3 is 22.1 Å². The molecule has 0 bridgehead atoms. The number of carbonyl (C=O) groups excluding carboxylic acids is 7. The van der Waals surface area contributed by atoms with Crippen molar-refractivity contribution < 1.29 is 85.0 Å². The van der Waals surface area contributed by atoms with Crippen LogP contribution in [-0.4, -0.2) is 123 Å². The molecule has 0 saturated heterocycles. The van der Waals surface area contributed by atoms with Gasteiger partial charge in [0.1, 0.15) is 11.6 Å². The first-order valence-electron chi connectivity index (χ1n) is 20.1. The number of rotatable bonds is 32. The second-order valence-corrected chi connectivity index (χ2v) is 13.6. The molecule has 21 heteroatoms. The number of nitrogens with zero attached hydrogens (tertiary/aromatic N) is 4. The molecule has 0 aromatic carbocycles. The van der Waals surface area contributed by atoms with Crippen molar-refractivity contribution in [3.63, 3.8) is 0 Å². The number of carbonyl (C=O) groups is 7. The zero-order valence-corrected chi connectivity index (χ0v) is 38.9. The molecule has 0 aliphatic carbocycles. The SMILES string of the molecule is CC(=O)N(O)CCCCCCC(=O)CCC(=O)N(O)CCCCCNC(=O)CCC(=O)N(O)CCCCCNC(=O)CCC(=O)CCc1ccncc1.[Cl][Pt].[Fe].[NH-]CC[NH-]. The molecule has 0 fully saturated rings. The van der Waals surface area contributed by atoms with E-state index in [0.717, 1.165) is 18.4 Å². The predicted octanol–water partition coefficient (Wildman–Crippen LogP) is 5.47. The second-order valence-electron chi connectivity index (χ2n) is 13.6. The van der Waals surface area contributed by atoms with Crippen molar-refractivity contribution >= 4 is 50.5 Å². The predicted molar refractivity (Wildman–Crippen MR) is 217 cm³/mol. The Hall–Kier alpha value is -2.86. The van der Waals surface area contributed by atoms with Crippen LogP contribution in [0, 0.1) is 0 Å². The van der Waals surface area contributed by atoms with Crippen LogP contribution in [0.2, 0.25) is 0 Å². The van der Waals surface area contributed by atoms with Crippen molar-refractivity contribution in [1.29, 1.82) is 0 Å². The number of amides is 5. The summed E-state index contributed by atoms with van der Waals surface area (Å²) in [4.78, 5) is 87.3. The zero-order valence-electron chi connectivity index (χ0n) is 34.7. The van der Waals surface area contributed by atoms with Gasteiger partial charge in [0.25, 0.3) is 0 Å². The van der Waals surface area contributed by atoms with E-state index in [1.165, 1.54) is 6.92 Å². The molecule has 0 spiro atoms. The monoisotopic (exact) mass is 1090 g/mol. The van der Waals surface area contributed by atoms with Gasteiger partial charge in [0.05, 0.1) is 0 Å². The molecular weight excluding hydrogens is 1030 g/mol. The number of aryl methyl sites for hydroxylation is 1. The van der Waals surface area contributed by atoms with Gasteiger partial charge in [-0.15, -0.1) is 0 Å². The Morgan fingerprint density at radius 3 is 1.47 bits per heavy atom. The van der Waals surface area contributed by atoms with Gasteiger partial charge in [-0.25, -0.2) is 15.2 Å². The number of halogens is 1. The fourth-order valence-electron chi connectivity index (χ4n) is 5.16. The summed E-state index contributed by atoms with van der Waals surface area (Å²) >= 11 is 1.61. The summed E-state index contributed by atoms with van der Waals surface area (Å²) in [6.45, 7) is 3.01. The fraction of sp³-hybridized carbons (Fsp3) is 0.692. The van der Waals surface area contributed by atoms with E-state index in [1.54, 1.807) is 31.2 Å². The molecule has 5 amide bonds. The zero-order chi connectivity index (χ0) is 44.7. The third kappa shape index (κ3) is 38.1. The molecule has 1 aromatic rings. The van der Waals surface area contributed by atoms with Crippen molar-refractivity contribution in [1.82, 2.24) is 30.8 Å². The molecule has 7 N–H and O–H groups in total. The third-order valence-corrected chi connectivity index (χ3v) is 8.63. The Balaban J connectivity index is -0.00000436. The maximum Gasteiger partial charge on any atom is 0 e. The first-order valence-corrected chi connectivity index (χ1v) is 22.9. The standard InChI is InChI=1S/C37H60N6O10.C2H6N2.ClH.Fe.Pt/c1-30(44)41(51)27-9-3-2-6-12-32(45)16-19-36(49)42(52)28-10-5-8-24-40-35(48)18-20-37(50)43(53)29-11-4-7-23-39-34(47)17-15-33(46)14-13-31-21-25-38-26-22-31;3-1-2-4;;;/h21-22,25-26,51-53H,2-20,23-24,27-29H2,1H3,(H,39,47)(H,40,48);3-4H,1-2H2;1H;;/q;-2;;;+1/p-1. The van der Waals surface area contributed by atoms with Crippen LogP contribution in [0.15, 0.2) is 24.5 Å². The van der Waals surface area contributed by atoms with Crippen LogP contribution in [0.5, 0.6) is 0 Å². The summed E-state index contributed by atoms with van der Waals surface area (Å²) < 4.78 is 0. The fourth-order valence-corrected chi connectivity index (χ4v) is 5.16. The van der Waals surface area contributed by atoms with E-state index in [0.29, 0.717) is 98.9 Å². The summed E-state index contributed by atoms with van der Waals surface area (Å²) in [7, 11) is 4.61. The van der Waals surface area contributed by atoms with E-state index < -0.39 is 17.7 Å². The maximum atomic E-state index is 12.2. The number of pyridine rings is 1. The van der Waals surface area contributed by atoms with Crippen LogP contribution in [-0.2, 0) is 75.8 Å². The van der Waals surface area contributed by atoms with Crippen LogP contribution in [0.3, 0.4) is 0 Å². The molecule has 0 radical (unpaired) electrons. The Kier molecular flexibility index (Phi) is 43.8. The maximum absolute atomic E-state index is 12.2. The minimum Gasteiger partial charge on any atom is -0.679 e. The molecule has 18 nitrogen and oxygen atoms in total. The number of hydroxylamine groups is 6. The van der Waals surface area contributed by atoms with Crippen molar-refractivity contribution in [2.75, 3.05) is 45.8 Å². The molecule has 0 saturated carbocycles. The molecule has 1 heterocycles. The second kappa shape index (κ2) is 42.8. The number of unbranched alkanes of at least 4 members (excludes halogenated alkanes) is 7. The molecule has 1 rings (SSSR count). The Bertz CT molecular complexity index is 1320. The van der Waals surface area contributed by atoms with Crippen LogP contribution < -0.4 is 10.6 Å². The Morgan fingerprint density at radius 1 is 0.583 bits per heavy atom. The minimum absolute atomic E-state index is 0. The summed E-state index contributed by atoms with van der Waals surface area (Å²) in [5, 5.41) is 36.6. The van der Waals surface area contributed by atoms with E-state index >= 15 is 0 Å². The molecule has 0 aliphatic heterocycles. The first kappa shape index (κ1) is 61.4. The molecule has 0 aliphatic rings. The van der Waals surface area contributed by atoms with Crippen LogP contribution in [0.25, 0.3) is 11.5 Å². The normalized spacial score (nSPS) is 10.1. The largest absolute Gasteiger partial charge is 0.679 e. The average molecular weight is 1090 g/mol. The van der Waals surface area contributed by atoms with E-state index in [9.17, 15) is 49.2 Å². The van der Waals surface area contributed by atoms with Gasteiger partial charge in [-0.3, -0.25) is 54.2 Å². The van der Waals surface area contributed by atoms with Crippen molar-refractivity contribution in [3.05, 3.63) is 41.6 Å². The van der Waals surface area contributed by atoms with Gasteiger partial charge in [-0.2, -0.15) is 13.1 Å². The van der Waals surface area contributed by atoms with Crippen molar-refractivity contribution in [2.45, 2.75) is 129 Å². The Morgan fingerprint density at radius 2 is 0.983 bits per heavy atom. The molecule has 349 valence electrons. The smallest absolute Gasteiger partial charge is 0 e. The first-order chi connectivity index (χ1) is 28.3. The third-order valence-electron chi connectivity index (χ3n) is 8.63. The molecule has 60 heavy (non-hydrogen) atoms. The van der Waals surface area contributed by atoms with Gasteiger partial charge in [0.15, 0.2) is 0 Å². The summed E-state index contributed by atoms with van der Waals surface area (Å²) in [5.41, 5.74) is 13.6. The summed E-state index contributed by atoms with van der Waals surface area (Å²) in [6.07, 6.45) is 11.2. The number of Topliss-reactive ketones (excluding diaryl/α,β-unsaturated/α-hetero) is 2. The van der Waals surface area contributed by atoms with E-state index in [-0.39, 0.29) is 112 Å².